The van der Waals surface area contributed by atoms with Crippen molar-refractivity contribution in [2.45, 2.75) is 42.4 Å². The minimum atomic E-state index is 0.475. The molecule has 4 heteroatoms. The third kappa shape index (κ3) is 3.33. The lowest BCUT2D eigenvalue weighted by Crippen LogP contribution is -2.41. The van der Waals surface area contributed by atoms with Gasteiger partial charge in [0.25, 0.3) is 0 Å². The first-order valence-corrected chi connectivity index (χ1v) is 8.60. The van der Waals surface area contributed by atoms with Crippen molar-refractivity contribution in [3.63, 3.8) is 0 Å². The molecule has 0 amide bonds. The summed E-state index contributed by atoms with van der Waals surface area (Å²) in [5, 5.41) is 4.34. The fourth-order valence-electron chi connectivity index (χ4n) is 2.89. The normalized spacial score (nSPS) is 18.7. The molecule has 1 aliphatic heterocycles. The molecule has 0 fully saturated rings. The average Bonchev–Trinajstić information content (AvgIpc) is 3.09. The number of hydrogen-bond donors (Lipinski definition) is 1. The van der Waals surface area contributed by atoms with Gasteiger partial charge in [-0.2, -0.15) is 0 Å². The molecule has 0 spiro atoms. The number of fused-ring (bicyclic) bond motifs is 1. The fraction of sp³-hybridized carbons (Fsp3) is 0.471. The number of rotatable bonds is 6. The van der Waals surface area contributed by atoms with Crippen molar-refractivity contribution in [1.29, 1.82) is 0 Å². The second kappa shape index (κ2) is 6.67. The first-order valence-electron chi connectivity index (χ1n) is 7.72. The molecule has 2 heterocycles. The molecule has 2 aromatic rings. The second-order valence-electron chi connectivity index (χ2n) is 5.69. The van der Waals surface area contributed by atoms with Gasteiger partial charge in [0.15, 0.2) is 0 Å². The average molecular weight is 301 g/mol. The van der Waals surface area contributed by atoms with Crippen LogP contribution in [0.5, 0.6) is 0 Å². The third-order valence-corrected chi connectivity index (χ3v) is 5.55. The Morgan fingerprint density at radius 3 is 3.00 bits per heavy atom. The Balaban J connectivity index is 1.73. The van der Waals surface area contributed by atoms with E-state index < -0.39 is 0 Å². The zero-order chi connectivity index (χ0) is 14.7. The fourth-order valence-corrected chi connectivity index (χ4v) is 4.29. The summed E-state index contributed by atoms with van der Waals surface area (Å²) < 4.78 is 2.13. The van der Waals surface area contributed by atoms with E-state index in [2.05, 4.69) is 53.1 Å². The van der Waals surface area contributed by atoms with Crippen LogP contribution < -0.4 is 5.32 Å². The lowest BCUT2D eigenvalue weighted by molar-refractivity contribution is 0.477. The van der Waals surface area contributed by atoms with Crippen LogP contribution in [0.15, 0.2) is 41.6 Å². The van der Waals surface area contributed by atoms with Crippen molar-refractivity contribution in [3.8, 4) is 0 Å². The SMILES string of the molecule is CCCNC(Cc1nccn1C)C1Cc2ccccc2S1. The maximum atomic E-state index is 4.50. The van der Waals surface area contributed by atoms with Crippen LogP contribution in [0, 0.1) is 0 Å². The van der Waals surface area contributed by atoms with E-state index in [9.17, 15) is 0 Å². The van der Waals surface area contributed by atoms with Gasteiger partial charge in [0.1, 0.15) is 5.82 Å². The summed E-state index contributed by atoms with van der Waals surface area (Å²) in [7, 11) is 2.08. The molecule has 0 saturated heterocycles. The number of nitrogens with one attached hydrogen (secondary N) is 1. The van der Waals surface area contributed by atoms with E-state index in [-0.39, 0.29) is 0 Å². The highest BCUT2D eigenvalue weighted by atomic mass is 32.2. The van der Waals surface area contributed by atoms with Gasteiger partial charge >= 0.3 is 0 Å². The molecule has 21 heavy (non-hydrogen) atoms. The number of nitrogens with zero attached hydrogens (tertiary/aromatic N) is 2. The number of thioether (sulfide) groups is 1. The first-order chi connectivity index (χ1) is 10.3. The van der Waals surface area contributed by atoms with Crippen LogP contribution in [0.3, 0.4) is 0 Å². The maximum Gasteiger partial charge on any atom is 0.109 e. The molecule has 1 aliphatic rings. The van der Waals surface area contributed by atoms with Gasteiger partial charge in [0, 0.05) is 42.0 Å². The van der Waals surface area contributed by atoms with Crippen molar-refractivity contribution in [1.82, 2.24) is 14.9 Å². The molecule has 0 saturated carbocycles. The number of benzene rings is 1. The van der Waals surface area contributed by atoms with E-state index in [1.807, 2.05) is 24.2 Å². The molecule has 0 bridgehead atoms. The molecular weight excluding hydrogens is 278 g/mol. The Labute approximate surface area is 131 Å². The van der Waals surface area contributed by atoms with Gasteiger partial charge in [-0.15, -0.1) is 11.8 Å². The number of aryl methyl sites for hydroxylation is 1. The highest BCUT2D eigenvalue weighted by Crippen LogP contribution is 2.38. The Kier molecular flexibility index (Phi) is 4.66. The maximum absolute atomic E-state index is 4.50. The van der Waals surface area contributed by atoms with Crippen LogP contribution in [-0.4, -0.2) is 27.4 Å². The number of aromatic nitrogens is 2. The zero-order valence-electron chi connectivity index (χ0n) is 12.7. The van der Waals surface area contributed by atoms with Crippen LogP contribution in [0.4, 0.5) is 0 Å². The molecule has 0 radical (unpaired) electrons. The zero-order valence-corrected chi connectivity index (χ0v) is 13.6. The summed E-state index contributed by atoms with van der Waals surface area (Å²) >= 11 is 2.02. The largest absolute Gasteiger partial charge is 0.338 e. The topological polar surface area (TPSA) is 29.9 Å². The summed E-state index contributed by atoms with van der Waals surface area (Å²) in [6.45, 7) is 3.30. The smallest absolute Gasteiger partial charge is 0.109 e. The highest BCUT2D eigenvalue weighted by molar-refractivity contribution is 8.00. The lowest BCUT2D eigenvalue weighted by Gasteiger charge is -2.24. The van der Waals surface area contributed by atoms with Gasteiger partial charge in [-0.3, -0.25) is 0 Å². The standard InChI is InChI=1S/C17H23N3S/c1-3-8-18-14(12-17-19-9-10-20(17)2)16-11-13-6-4-5-7-15(13)21-16/h4-7,9-10,14,16,18H,3,8,11-12H2,1-2H3. The van der Waals surface area contributed by atoms with Crippen LogP contribution in [-0.2, 0) is 19.9 Å². The predicted octanol–water partition coefficient (Wildman–Crippen LogP) is 3.05. The van der Waals surface area contributed by atoms with Crippen molar-refractivity contribution < 1.29 is 0 Å². The Morgan fingerprint density at radius 2 is 2.29 bits per heavy atom. The molecule has 1 aromatic carbocycles. The van der Waals surface area contributed by atoms with Crippen LogP contribution in [0.2, 0.25) is 0 Å². The van der Waals surface area contributed by atoms with Gasteiger partial charge < -0.3 is 9.88 Å². The van der Waals surface area contributed by atoms with Crippen molar-refractivity contribution in [2.24, 2.45) is 7.05 Å². The van der Waals surface area contributed by atoms with E-state index in [0.29, 0.717) is 11.3 Å². The van der Waals surface area contributed by atoms with Crippen LogP contribution >= 0.6 is 11.8 Å². The minimum Gasteiger partial charge on any atom is -0.338 e. The summed E-state index contributed by atoms with van der Waals surface area (Å²) in [5.74, 6) is 1.17. The van der Waals surface area contributed by atoms with Crippen LogP contribution in [0.1, 0.15) is 24.7 Å². The molecule has 1 N–H and O–H groups in total. The minimum absolute atomic E-state index is 0.475. The summed E-state index contributed by atoms with van der Waals surface area (Å²) in [4.78, 5) is 5.95. The van der Waals surface area contributed by atoms with Gasteiger partial charge in [-0.25, -0.2) is 4.98 Å². The molecular formula is C17H23N3S. The number of hydrogen-bond acceptors (Lipinski definition) is 3. The Bertz CT molecular complexity index is 568. The van der Waals surface area contributed by atoms with E-state index in [1.165, 1.54) is 22.7 Å². The molecule has 3 rings (SSSR count). The van der Waals surface area contributed by atoms with E-state index in [1.54, 1.807) is 0 Å². The highest BCUT2D eigenvalue weighted by Gasteiger charge is 2.29. The molecule has 3 nitrogen and oxygen atoms in total. The van der Waals surface area contributed by atoms with E-state index >= 15 is 0 Å². The quantitative estimate of drug-likeness (QED) is 0.889. The molecule has 2 unspecified atom stereocenters. The second-order valence-corrected chi connectivity index (χ2v) is 6.97. The predicted molar refractivity (Wildman–Crippen MR) is 88.8 cm³/mol. The summed E-state index contributed by atoms with van der Waals surface area (Å²) in [6.07, 6.45) is 7.24. The third-order valence-electron chi connectivity index (χ3n) is 4.10. The molecule has 112 valence electrons. The van der Waals surface area contributed by atoms with Crippen molar-refractivity contribution in [2.75, 3.05) is 6.54 Å². The Morgan fingerprint density at radius 1 is 1.43 bits per heavy atom. The van der Waals surface area contributed by atoms with Gasteiger partial charge in [-0.05, 0) is 31.0 Å². The molecule has 0 aliphatic carbocycles. The van der Waals surface area contributed by atoms with Gasteiger partial charge in [0.2, 0.25) is 0 Å². The molecule has 1 aromatic heterocycles. The monoisotopic (exact) mass is 301 g/mol. The Hall–Kier alpha value is -1.26. The first kappa shape index (κ1) is 14.7. The van der Waals surface area contributed by atoms with E-state index in [4.69, 9.17) is 0 Å². The van der Waals surface area contributed by atoms with Crippen molar-refractivity contribution >= 4 is 11.8 Å². The summed E-state index contributed by atoms with van der Waals surface area (Å²) in [5.41, 5.74) is 1.50. The molecule has 2 atom stereocenters. The van der Waals surface area contributed by atoms with Crippen molar-refractivity contribution in [3.05, 3.63) is 48.0 Å². The van der Waals surface area contributed by atoms with E-state index in [0.717, 1.165) is 19.4 Å². The van der Waals surface area contributed by atoms with Gasteiger partial charge in [-0.1, -0.05) is 25.1 Å². The number of imidazole rings is 1. The van der Waals surface area contributed by atoms with Gasteiger partial charge in [0.05, 0.1) is 0 Å². The van der Waals surface area contributed by atoms with Crippen LogP contribution in [0.25, 0.3) is 0 Å². The lowest BCUT2D eigenvalue weighted by atomic mass is 10.0. The summed E-state index contributed by atoms with van der Waals surface area (Å²) in [6, 6.07) is 9.28.